The predicted octanol–water partition coefficient (Wildman–Crippen LogP) is 1.28. The molecule has 1 N–H and O–H groups in total. The van der Waals surface area contributed by atoms with Crippen molar-refractivity contribution < 1.29 is 4.79 Å². The lowest BCUT2D eigenvalue weighted by molar-refractivity contribution is -0.137. The Labute approximate surface area is 91.2 Å². The van der Waals surface area contributed by atoms with Crippen LogP contribution in [-0.4, -0.2) is 35.5 Å². The van der Waals surface area contributed by atoms with Crippen LogP contribution in [0.5, 0.6) is 0 Å². The van der Waals surface area contributed by atoms with Crippen LogP contribution in [0.25, 0.3) is 0 Å². The van der Waals surface area contributed by atoms with E-state index in [9.17, 15) is 4.79 Å². The summed E-state index contributed by atoms with van der Waals surface area (Å²) in [5, 5.41) is 3.33. The number of carbonyl (C=O) groups excluding carboxylic acids is 1. The van der Waals surface area contributed by atoms with Crippen molar-refractivity contribution >= 4 is 5.91 Å². The van der Waals surface area contributed by atoms with E-state index in [1.54, 1.807) is 0 Å². The molecule has 3 nitrogen and oxygen atoms in total. The summed E-state index contributed by atoms with van der Waals surface area (Å²) in [7, 11) is 0. The Morgan fingerprint density at radius 3 is 2.33 bits per heavy atom. The second-order valence-electron chi connectivity index (χ2n) is 5.21. The Morgan fingerprint density at radius 1 is 1.00 bits per heavy atom. The Morgan fingerprint density at radius 2 is 1.73 bits per heavy atom. The number of nitrogens with one attached hydrogen (secondary N) is 1. The number of piperidine rings is 1. The molecule has 0 radical (unpaired) electrons. The molecule has 3 fully saturated rings. The molecule has 3 heterocycles. The molecule has 3 rings (SSSR count). The van der Waals surface area contributed by atoms with Gasteiger partial charge < -0.3 is 10.2 Å². The lowest BCUT2D eigenvalue weighted by atomic mass is 10.0. The zero-order valence-corrected chi connectivity index (χ0v) is 9.24. The van der Waals surface area contributed by atoms with Gasteiger partial charge in [0.1, 0.15) is 0 Å². The van der Waals surface area contributed by atoms with E-state index in [4.69, 9.17) is 0 Å². The summed E-state index contributed by atoms with van der Waals surface area (Å²) in [6.45, 7) is 1.03. The van der Waals surface area contributed by atoms with E-state index in [0.717, 1.165) is 13.0 Å². The Kier molecular flexibility index (Phi) is 2.43. The number of rotatable bonds is 1. The maximum Gasteiger partial charge on any atom is 0.240 e. The fraction of sp³-hybridized carbons (Fsp3) is 0.917. The third-order valence-corrected chi connectivity index (χ3v) is 4.31. The summed E-state index contributed by atoms with van der Waals surface area (Å²) in [6, 6.07) is 1.31. The van der Waals surface area contributed by atoms with Gasteiger partial charge in [0.15, 0.2) is 0 Å². The largest absolute Gasteiger partial charge is 0.335 e. The summed E-state index contributed by atoms with van der Waals surface area (Å²) in [4.78, 5) is 14.6. The van der Waals surface area contributed by atoms with Crippen LogP contribution in [0.2, 0.25) is 0 Å². The average Bonchev–Trinajstić information content (AvgIpc) is 2.85. The summed E-state index contributed by atoms with van der Waals surface area (Å²) >= 11 is 0. The van der Waals surface area contributed by atoms with Crippen LogP contribution in [0.15, 0.2) is 0 Å². The molecular formula is C12H20N2O. The first kappa shape index (κ1) is 9.64. The molecule has 0 aromatic carbocycles. The first-order valence-corrected chi connectivity index (χ1v) is 6.42. The van der Waals surface area contributed by atoms with Gasteiger partial charge in [-0.25, -0.2) is 0 Å². The number of hydrogen-bond acceptors (Lipinski definition) is 2. The summed E-state index contributed by atoms with van der Waals surface area (Å²) in [5.41, 5.74) is 0. The molecule has 0 spiro atoms. The van der Waals surface area contributed by atoms with Gasteiger partial charge in [-0.2, -0.15) is 0 Å². The minimum Gasteiger partial charge on any atom is -0.335 e. The average molecular weight is 208 g/mol. The van der Waals surface area contributed by atoms with Crippen molar-refractivity contribution in [3.63, 3.8) is 0 Å². The second kappa shape index (κ2) is 3.78. The minimum absolute atomic E-state index is 0.145. The Balaban J connectivity index is 1.73. The van der Waals surface area contributed by atoms with Crippen LogP contribution in [0.4, 0.5) is 0 Å². The minimum atomic E-state index is 0.145. The molecule has 15 heavy (non-hydrogen) atoms. The van der Waals surface area contributed by atoms with E-state index in [-0.39, 0.29) is 6.04 Å². The van der Waals surface area contributed by atoms with Gasteiger partial charge in [-0.3, -0.25) is 4.79 Å². The first-order chi connectivity index (χ1) is 7.36. The highest BCUT2D eigenvalue weighted by Crippen LogP contribution is 2.36. The van der Waals surface area contributed by atoms with Crippen molar-refractivity contribution in [3.8, 4) is 0 Å². The third-order valence-electron chi connectivity index (χ3n) is 4.31. The van der Waals surface area contributed by atoms with Gasteiger partial charge in [0.05, 0.1) is 6.04 Å². The van der Waals surface area contributed by atoms with Crippen LogP contribution in [0, 0.1) is 0 Å². The first-order valence-electron chi connectivity index (χ1n) is 6.42. The maximum atomic E-state index is 12.3. The molecule has 3 heteroatoms. The van der Waals surface area contributed by atoms with E-state index in [2.05, 4.69) is 10.2 Å². The van der Waals surface area contributed by atoms with Gasteiger partial charge in [0, 0.05) is 12.1 Å². The van der Waals surface area contributed by atoms with Gasteiger partial charge in [-0.05, 0) is 51.5 Å². The third kappa shape index (κ3) is 1.57. The predicted molar refractivity (Wildman–Crippen MR) is 58.5 cm³/mol. The van der Waals surface area contributed by atoms with Gasteiger partial charge in [-0.1, -0.05) is 0 Å². The highest BCUT2D eigenvalue weighted by molar-refractivity contribution is 5.83. The number of fused-ring (bicyclic) bond motifs is 2. The molecule has 0 aromatic heterocycles. The molecule has 0 aromatic rings. The van der Waals surface area contributed by atoms with E-state index >= 15 is 0 Å². The molecule has 1 amide bonds. The number of hydrogen-bond donors (Lipinski definition) is 1. The van der Waals surface area contributed by atoms with Gasteiger partial charge in [0.25, 0.3) is 0 Å². The van der Waals surface area contributed by atoms with Gasteiger partial charge >= 0.3 is 0 Å². The van der Waals surface area contributed by atoms with Crippen molar-refractivity contribution in [1.82, 2.24) is 10.2 Å². The van der Waals surface area contributed by atoms with Crippen molar-refractivity contribution in [1.29, 1.82) is 0 Å². The molecule has 0 aliphatic carbocycles. The van der Waals surface area contributed by atoms with Crippen LogP contribution in [0.1, 0.15) is 44.9 Å². The molecule has 3 aliphatic heterocycles. The lowest BCUT2D eigenvalue weighted by Crippen LogP contribution is -2.50. The van der Waals surface area contributed by atoms with E-state index in [1.807, 2.05) is 0 Å². The molecular weight excluding hydrogens is 188 g/mol. The molecule has 3 saturated heterocycles. The molecule has 3 aliphatic rings. The highest BCUT2D eigenvalue weighted by atomic mass is 16.2. The Hall–Kier alpha value is -0.570. The Bertz CT molecular complexity index is 244. The monoisotopic (exact) mass is 208 g/mol. The second-order valence-corrected chi connectivity index (χ2v) is 5.21. The van der Waals surface area contributed by atoms with Gasteiger partial charge in [0.2, 0.25) is 5.91 Å². The van der Waals surface area contributed by atoms with E-state index in [1.165, 1.54) is 38.5 Å². The van der Waals surface area contributed by atoms with Crippen LogP contribution >= 0.6 is 0 Å². The number of carbonyl (C=O) groups is 1. The number of nitrogens with zero attached hydrogens (tertiary/aromatic N) is 1. The fourth-order valence-electron chi connectivity index (χ4n) is 3.55. The van der Waals surface area contributed by atoms with Crippen LogP contribution in [-0.2, 0) is 4.79 Å². The summed E-state index contributed by atoms with van der Waals surface area (Å²) < 4.78 is 0. The highest BCUT2D eigenvalue weighted by Gasteiger charge is 2.41. The van der Waals surface area contributed by atoms with E-state index in [0.29, 0.717) is 18.0 Å². The van der Waals surface area contributed by atoms with E-state index < -0.39 is 0 Å². The normalized spacial score (nSPS) is 39.7. The van der Waals surface area contributed by atoms with Crippen molar-refractivity contribution in [2.75, 3.05) is 6.54 Å². The standard InChI is InChI=1S/C12H20N2O/c15-12(11-5-2-8-13-11)14-9-3-1-4-10(14)7-6-9/h9-11,13H,1-8H2/t9?,10?,11-/m0/s1. The smallest absolute Gasteiger partial charge is 0.240 e. The molecule has 0 saturated carbocycles. The fourth-order valence-corrected chi connectivity index (χ4v) is 3.55. The molecule has 84 valence electrons. The summed E-state index contributed by atoms with van der Waals surface area (Å²) in [6.07, 6.45) is 8.54. The SMILES string of the molecule is O=C([C@@H]1CCCN1)N1C2CCCC1CC2. The number of amides is 1. The molecule has 2 bridgehead atoms. The summed E-state index contributed by atoms with van der Waals surface area (Å²) in [5.74, 6) is 0.403. The maximum absolute atomic E-state index is 12.3. The van der Waals surface area contributed by atoms with Crippen LogP contribution < -0.4 is 5.32 Å². The van der Waals surface area contributed by atoms with Crippen LogP contribution in [0.3, 0.4) is 0 Å². The van der Waals surface area contributed by atoms with Gasteiger partial charge in [-0.15, -0.1) is 0 Å². The topological polar surface area (TPSA) is 32.3 Å². The molecule has 2 unspecified atom stereocenters. The quantitative estimate of drug-likeness (QED) is 0.704. The van der Waals surface area contributed by atoms with Crippen molar-refractivity contribution in [2.45, 2.75) is 63.1 Å². The van der Waals surface area contributed by atoms with Crippen molar-refractivity contribution in [3.05, 3.63) is 0 Å². The van der Waals surface area contributed by atoms with Crippen molar-refractivity contribution in [2.24, 2.45) is 0 Å². The molecule has 3 atom stereocenters. The zero-order chi connectivity index (χ0) is 10.3. The zero-order valence-electron chi connectivity index (χ0n) is 9.24. The lowest BCUT2D eigenvalue weighted by Gasteiger charge is -2.36.